The summed E-state index contributed by atoms with van der Waals surface area (Å²) < 4.78 is 21.3. The first-order chi connectivity index (χ1) is 9.27. The highest BCUT2D eigenvalue weighted by Gasteiger charge is 2.21. The summed E-state index contributed by atoms with van der Waals surface area (Å²) in [6, 6.07) is 5.06. The predicted molar refractivity (Wildman–Crippen MR) is 69.8 cm³/mol. The third kappa shape index (κ3) is 2.27. The number of halogens is 1. The predicted octanol–water partition coefficient (Wildman–Crippen LogP) is 1.98. The van der Waals surface area contributed by atoms with E-state index in [4.69, 9.17) is 4.74 Å². The van der Waals surface area contributed by atoms with Crippen molar-refractivity contribution in [1.29, 1.82) is 0 Å². The molecule has 0 aliphatic carbocycles. The summed E-state index contributed by atoms with van der Waals surface area (Å²) in [5.41, 5.74) is 2.37. The molecule has 1 unspecified atom stereocenters. The Bertz CT molecular complexity index is 576. The van der Waals surface area contributed by atoms with Crippen LogP contribution in [0.15, 0.2) is 30.7 Å². The van der Waals surface area contributed by atoms with Gasteiger partial charge in [0.2, 0.25) is 0 Å². The van der Waals surface area contributed by atoms with Crippen molar-refractivity contribution in [1.82, 2.24) is 14.9 Å². The minimum Gasteiger partial charge on any atom is -0.369 e. The van der Waals surface area contributed by atoms with Crippen molar-refractivity contribution in [2.45, 2.75) is 13.0 Å². The van der Waals surface area contributed by atoms with Gasteiger partial charge in [-0.05, 0) is 19.1 Å². The Morgan fingerprint density at radius 1 is 1.47 bits per heavy atom. The number of imidazole rings is 1. The second kappa shape index (κ2) is 5.11. The van der Waals surface area contributed by atoms with Crippen molar-refractivity contribution in [2.75, 3.05) is 19.7 Å². The Labute approximate surface area is 111 Å². The van der Waals surface area contributed by atoms with Gasteiger partial charge < -0.3 is 14.6 Å². The van der Waals surface area contributed by atoms with E-state index in [1.165, 1.54) is 6.07 Å². The molecule has 1 aromatic heterocycles. The van der Waals surface area contributed by atoms with Crippen molar-refractivity contribution in [3.8, 4) is 5.69 Å². The van der Waals surface area contributed by atoms with Gasteiger partial charge in [-0.3, -0.25) is 0 Å². The lowest BCUT2D eigenvalue weighted by atomic mass is 10.1. The third-order valence-electron chi connectivity index (χ3n) is 3.42. The van der Waals surface area contributed by atoms with E-state index in [2.05, 4.69) is 10.3 Å². The Kier molecular flexibility index (Phi) is 3.31. The van der Waals surface area contributed by atoms with Gasteiger partial charge in [0.25, 0.3) is 0 Å². The van der Waals surface area contributed by atoms with Gasteiger partial charge in [0, 0.05) is 18.7 Å². The SMILES string of the molecule is Cc1c(F)cccc1-n1cncc1C1CNCCO1. The zero-order valence-corrected chi connectivity index (χ0v) is 10.8. The quantitative estimate of drug-likeness (QED) is 0.898. The van der Waals surface area contributed by atoms with E-state index in [0.29, 0.717) is 12.2 Å². The second-order valence-electron chi connectivity index (χ2n) is 4.64. The fourth-order valence-electron chi connectivity index (χ4n) is 2.36. The molecule has 19 heavy (non-hydrogen) atoms. The molecule has 0 bridgehead atoms. The molecule has 1 aliphatic heterocycles. The second-order valence-corrected chi connectivity index (χ2v) is 4.64. The molecule has 1 saturated heterocycles. The topological polar surface area (TPSA) is 39.1 Å². The number of aromatic nitrogens is 2. The van der Waals surface area contributed by atoms with E-state index in [9.17, 15) is 4.39 Å². The molecule has 1 N–H and O–H groups in total. The fourth-order valence-corrected chi connectivity index (χ4v) is 2.36. The van der Waals surface area contributed by atoms with Crippen molar-refractivity contribution in [3.05, 3.63) is 47.8 Å². The number of nitrogens with one attached hydrogen (secondary N) is 1. The lowest BCUT2D eigenvalue weighted by molar-refractivity contribution is 0.0240. The smallest absolute Gasteiger partial charge is 0.128 e. The van der Waals surface area contributed by atoms with Crippen LogP contribution in [-0.2, 0) is 4.74 Å². The van der Waals surface area contributed by atoms with Gasteiger partial charge in [0.05, 0.1) is 30.5 Å². The van der Waals surface area contributed by atoms with Crippen LogP contribution in [0.1, 0.15) is 17.4 Å². The maximum absolute atomic E-state index is 13.7. The lowest BCUT2D eigenvalue weighted by Crippen LogP contribution is -2.34. The van der Waals surface area contributed by atoms with Gasteiger partial charge >= 0.3 is 0 Å². The zero-order valence-electron chi connectivity index (χ0n) is 10.8. The molecule has 0 amide bonds. The molecular weight excluding hydrogens is 245 g/mol. The first-order valence-electron chi connectivity index (χ1n) is 6.37. The summed E-state index contributed by atoms with van der Waals surface area (Å²) in [6.45, 7) is 4.07. The third-order valence-corrected chi connectivity index (χ3v) is 3.42. The monoisotopic (exact) mass is 261 g/mol. The maximum Gasteiger partial charge on any atom is 0.128 e. The largest absolute Gasteiger partial charge is 0.369 e. The number of hydrogen-bond donors (Lipinski definition) is 1. The molecule has 1 fully saturated rings. The Morgan fingerprint density at radius 2 is 2.37 bits per heavy atom. The number of morpholine rings is 1. The first kappa shape index (κ1) is 12.3. The van der Waals surface area contributed by atoms with E-state index in [1.807, 2.05) is 10.6 Å². The Balaban J connectivity index is 2.01. The average molecular weight is 261 g/mol. The molecule has 100 valence electrons. The fraction of sp³-hybridized carbons (Fsp3) is 0.357. The highest BCUT2D eigenvalue weighted by molar-refractivity contribution is 5.42. The molecule has 1 aliphatic rings. The average Bonchev–Trinajstić information content (AvgIpc) is 2.92. The van der Waals surface area contributed by atoms with Crippen LogP contribution in [0.5, 0.6) is 0 Å². The number of nitrogens with zero attached hydrogens (tertiary/aromatic N) is 2. The van der Waals surface area contributed by atoms with Crippen molar-refractivity contribution in [3.63, 3.8) is 0 Å². The highest BCUT2D eigenvalue weighted by atomic mass is 19.1. The van der Waals surface area contributed by atoms with Crippen LogP contribution >= 0.6 is 0 Å². The molecule has 1 aromatic carbocycles. The standard InChI is InChI=1S/C14H16FN3O/c1-10-11(15)3-2-4-12(10)18-9-17-7-13(18)14-8-16-5-6-19-14/h2-4,7,9,14,16H,5-6,8H2,1H3. The number of ether oxygens (including phenoxy) is 1. The molecule has 1 atom stereocenters. The van der Waals surface area contributed by atoms with Gasteiger partial charge in [0.15, 0.2) is 0 Å². The van der Waals surface area contributed by atoms with Crippen molar-refractivity contribution in [2.24, 2.45) is 0 Å². The summed E-state index contributed by atoms with van der Waals surface area (Å²) >= 11 is 0. The maximum atomic E-state index is 13.7. The molecule has 2 heterocycles. The molecule has 2 aromatic rings. The van der Waals surface area contributed by atoms with Crippen molar-refractivity contribution < 1.29 is 9.13 Å². The lowest BCUT2D eigenvalue weighted by Gasteiger charge is -2.24. The summed E-state index contributed by atoms with van der Waals surface area (Å²) in [5.74, 6) is -0.208. The van der Waals surface area contributed by atoms with Gasteiger partial charge in [-0.15, -0.1) is 0 Å². The van der Waals surface area contributed by atoms with E-state index in [0.717, 1.165) is 24.5 Å². The summed E-state index contributed by atoms with van der Waals surface area (Å²) in [7, 11) is 0. The zero-order chi connectivity index (χ0) is 13.2. The van der Waals surface area contributed by atoms with E-state index < -0.39 is 0 Å². The normalized spacial score (nSPS) is 19.6. The minimum atomic E-state index is -0.208. The van der Waals surface area contributed by atoms with Gasteiger partial charge in [-0.1, -0.05) is 6.07 Å². The van der Waals surface area contributed by atoms with Crippen LogP contribution in [-0.4, -0.2) is 29.2 Å². The van der Waals surface area contributed by atoms with Gasteiger partial charge in [-0.25, -0.2) is 9.37 Å². The molecular formula is C14H16FN3O. The van der Waals surface area contributed by atoms with E-state index in [-0.39, 0.29) is 11.9 Å². The minimum absolute atomic E-state index is 0.0427. The summed E-state index contributed by atoms with van der Waals surface area (Å²) in [4.78, 5) is 4.18. The number of rotatable bonds is 2. The van der Waals surface area contributed by atoms with Crippen LogP contribution in [0.25, 0.3) is 5.69 Å². The van der Waals surface area contributed by atoms with Crippen LogP contribution in [0.4, 0.5) is 4.39 Å². The van der Waals surface area contributed by atoms with E-state index >= 15 is 0 Å². The molecule has 0 spiro atoms. The number of benzene rings is 1. The van der Waals surface area contributed by atoms with Gasteiger partial charge in [0.1, 0.15) is 11.9 Å². The number of hydrogen-bond acceptors (Lipinski definition) is 3. The van der Waals surface area contributed by atoms with Crippen molar-refractivity contribution >= 4 is 0 Å². The molecule has 5 heteroatoms. The first-order valence-corrected chi connectivity index (χ1v) is 6.37. The van der Waals surface area contributed by atoms with Crippen LogP contribution < -0.4 is 5.32 Å². The molecule has 0 saturated carbocycles. The molecule has 0 radical (unpaired) electrons. The summed E-state index contributed by atoms with van der Waals surface area (Å²) in [5, 5.41) is 3.29. The Morgan fingerprint density at radius 3 is 3.16 bits per heavy atom. The van der Waals surface area contributed by atoms with E-state index in [1.54, 1.807) is 25.5 Å². The highest BCUT2D eigenvalue weighted by Crippen LogP contribution is 2.24. The molecule has 4 nitrogen and oxygen atoms in total. The summed E-state index contributed by atoms with van der Waals surface area (Å²) in [6.07, 6.45) is 3.44. The van der Waals surface area contributed by atoms with Crippen LogP contribution in [0, 0.1) is 12.7 Å². The Hall–Kier alpha value is -1.72. The van der Waals surface area contributed by atoms with Gasteiger partial charge in [-0.2, -0.15) is 0 Å². The van der Waals surface area contributed by atoms with Crippen LogP contribution in [0.2, 0.25) is 0 Å². The van der Waals surface area contributed by atoms with Crippen LogP contribution in [0.3, 0.4) is 0 Å². The molecule has 3 rings (SSSR count).